The van der Waals surface area contributed by atoms with E-state index in [2.05, 4.69) is 6.58 Å². The maximum Gasteiger partial charge on any atom is 0.414 e. The molecule has 0 N–H and O–H groups in total. The van der Waals surface area contributed by atoms with Crippen LogP contribution in [0.15, 0.2) is 83.6 Å². The Morgan fingerprint density at radius 2 is 1.65 bits per heavy atom. The molecule has 1 aliphatic heterocycles. The van der Waals surface area contributed by atoms with Crippen LogP contribution in [0.3, 0.4) is 0 Å². The molecule has 1 heterocycles. The highest BCUT2D eigenvalue weighted by Gasteiger charge is 2.22. The first-order valence-corrected chi connectivity index (χ1v) is 12.8. The second-order valence-electron chi connectivity index (χ2n) is 9.38. The Kier molecular flexibility index (Phi) is 9.21. The molecule has 0 unspecified atom stereocenters. The monoisotopic (exact) mass is 523 g/mol. The van der Waals surface area contributed by atoms with Gasteiger partial charge in [-0.05, 0) is 81.8 Å². The molecule has 0 aliphatic carbocycles. The second kappa shape index (κ2) is 12.1. The first-order chi connectivity index (χ1) is 17.5. The topological polar surface area (TPSA) is 54.4 Å². The number of amides is 1. The molecule has 2 aromatic carbocycles. The Morgan fingerprint density at radius 1 is 1.05 bits per heavy atom. The summed E-state index contributed by atoms with van der Waals surface area (Å²) in [5.41, 5.74) is 2.96. The van der Waals surface area contributed by atoms with E-state index in [-0.39, 0.29) is 6.61 Å². The Labute approximate surface area is 223 Å². The zero-order valence-corrected chi connectivity index (χ0v) is 23.1. The minimum Gasteiger partial charge on any atom is -0.491 e. The van der Waals surface area contributed by atoms with Crippen molar-refractivity contribution in [2.75, 3.05) is 37.2 Å². The molecule has 0 spiro atoms. The van der Waals surface area contributed by atoms with Crippen molar-refractivity contribution in [3.63, 3.8) is 0 Å². The van der Waals surface area contributed by atoms with E-state index in [0.29, 0.717) is 5.75 Å². The van der Waals surface area contributed by atoms with E-state index in [1.165, 1.54) is 4.90 Å². The zero-order valence-electron chi connectivity index (χ0n) is 22.2. The molecule has 1 aliphatic rings. The zero-order chi connectivity index (χ0) is 27.2. The number of rotatable bonds is 8. The summed E-state index contributed by atoms with van der Waals surface area (Å²) in [4.78, 5) is 21.7. The van der Waals surface area contributed by atoms with E-state index in [1.807, 2.05) is 100 Å². The van der Waals surface area contributed by atoms with Gasteiger partial charge in [0.05, 0.1) is 0 Å². The van der Waals surface area contributed by atoms with Crippen LogP contribution in [0, 0.1) is 0 Å². The number of carbonyl (C=O) groups is 1. The van der Waals surface area contributed by atoms with Crippen molar-refractivity contribution >= 4 is 39.2 Å². The number of benzene rings is 2. The van der Waals surface area contributed by atoms with E-state index >= 15 is 0 Å². The van der Waals surface area contributed by atoms with Crippen LogP contribution in [0.4, 0.5) is 20.6 Å². The van der Waals surface area contributed by atoms with Crippen LogP contribution in [0.2, 0.25) is 0 Å². The third-order valence-electron chi connectivity index (χ3n) is 5.38. The third-order valence-corrected chi connectivity index (χ3v) is 6.50. The van der Waals surface area contributed by atoms with Crippen LogP contribution in [0.5, 0.6) is 5.75 Å². The first kappa shape index (κ1) is 28.1. The number of aliphatic imine (C=N–C) groups is 1. The molecule has 0 fully saturated rings. The quantitative estimate of drug-likeness (QED) is 0.360. The van der Waals surface area contributed by atoms with E-state index in [1.54, 1.807) is 18.8 Å². The smallest absolute Gasteiger partial charge is 0.414 e. The molecule has 0 saturated heterocycles. The van der Waals surface area contributed by atoms with Gasteiger partial charge in [-0.3, -0.25) is 4.90 Å². The molecule has 0 aromatic heterocycles. The van der Waals surface area contributed by atoms with Gasteiger partial charge in [-0.15, -0.1) is 0 Å². The fraction of sp³-hybridized carbons (Fsp3) is 0.310. The molecule has 0 atom stereocenters. The number of halogens is 1. The summed E-state index contributed by atoms with van der Waals surface area (Å²) in [6.45, 7) is 11.2. The molecule has 8 heteroatoms. The fourth-order valence-electron chi connectivity index (χ4n) is 3.43. The Morgan fingerprint density at radius 3 is 2.22 bits per heavy atom. The summed E-state index contributed by atoms with van der Waals surface area (Å²) in [6.07, 6.45) is 3.55. The summed E-state index contributed by atoms with van der Waals surface area (Å²) in [7, 11) is 3.63. The van der Waals surface area contributed by atoms with Crippen LogP contribution in [-0.2, 0) is 4.74 Å². The van der Waals surface area contributed by atoms with E-state index < -0.39 is 18.4 Å². The van der Waals surface area contributed by atoms with Gasteiger partial charge in [-0.1, -0.05) is 30.5 Å². The summed E-state index contributed by atoms with van der Waals surface area (Å²) in [6, 6.07) is 15.2. The lowest BCUT2D eigenvalue weighted by Gasteiger charge is -2.24. The maximum atomic E-state index is 12.4. The predicted octanol–water partition coefficient (Wildman–Crippen LogP) is 7.45. The van der Waals surface area contributed by atoms with Gasteiger partial charge in [0.2, 0.25) is 0 Å². The predicted molar refractivity (Wildman–Crippen MR) is 153 cm³/mol. The minimum atomic E-state index is -0.555. The van der Waals surface area contributed by atoms with Gasteiger partial charge in [0, 0.05) is 35.9 Å². The number of allylic oxidation sites excluding steroid dienone is 2. The number of nitrogens with zero attached hydrogens (tertiary/aromatic N) is 3. The standard InChI is InChI=1S/C29H34FN3O3S/c1-8-26(32(6)22-13-15-24(16-14-22)35-18-17-30)31-27-20(2)19-25(37-27)21-9-11-23(12-10-21)33(7)28(34)36-29(3,4)5/h8-16,19H,2,17-18H2,1,3-7H3/b26-8+,31-27+. The SMILES string of the molecule is C=C1C=C(c2ccc(N(C)C(=O)OC(C)(C)C)cc2)S/C1=N/C(=C\C)N(C)c1ccc(OCCF)cc1. The van der Waals surface area contributed by atoms with Crippen molar-refractivity contribution in [2.45, 2.75) is 33.3 Å². The average molecular weight is 524 g/mol. The van der Waals surface area contributed by atoms with Gasteiger partial charge in [0.1, 0.15) is 35.5 Å². The molecule has 0 radical (unpaired) electrons. The van der Waals surface area contributed by atoms with Crippen LogP contribution in [-0.4, -0.2) is 44.1 Å². The number of alkyl halides is 1. The molecule has 37 heavy (non-hydrogen) atoms. The number of hydrogen-bond donors (Lipinski definition) is 0. The minimum absolute atomic E-state index is 0.0424. The second-order valence-corrected chi connectivity index (χ2v) is 10.4. The normalized spacial score (nSPS) is 15.0. The van der Waals surface area contributed by atoms with Crippen molar-refractivity contribution in [1.29, 1.82) is 0 Å². The molecule has 6 nitrogen and oxygen atoms in total. The summed E-state index contributed by atoms with van der Waals surface area (Å²) < 4.78 is 23.1. The number of anilines is 2. The highest BCUT2D eigenvalue weighted by atomic mass is 32.2. The van der Waals surface area contributed by atoms with Crippen LogP contribution in [0.1, 0.15) is 33.3 Å². The summed E-state index contributed by atoms with van der Waals surface area (Å²) in [5.74, 6) is 1.39. The Hall–Kier alpha value is -3.52. The van der Waals surface area contributed by atoms with E-state index in [0.717, 1.165) is 38.3 Å². The highest BCUT2D eigenvalue weighted by Crippen LogP contribution is 2.39. The largest absolute Gasteiger partial charge is 0.491 e. The van der Waals surface area contributed by atoms with Crippen LogP contribution in [0.25, 0.3) is 4.91 Å². The lowest BCUT2D eigenvalue weighted by atomic mass is 10.1. The number of ether oxygens (including phenoxy) is 2. The van der Waals surface area contributed by atoms with Crippen molar-refractivity contribution < 1.29 is 18.7 Å². The molecular weight excluding hydrogens is 489 g/mol. The van der Waals surface area contributed by atoms with Gasteiger partial charge in [0.25, 0.3) is 0 Å². The number of hydrogen-bond acceptors (Lipinski definition) is 6. The van der Waals surface area contributed by atoms with Crippen LogP contribution < -0.4 is 14.5 Å². The molecule has 0 bridgehead atoms. The van der Waals surface area contributed by atoms with Crippen molar-refractivity contribution in [3.8, 4) is 5.75 Å². The highest BCUT2D eigenvalue weighted by molar-refractivity contribution is 8.22. The van der Waals surface area contributed by atoms with Gasteiger partial charge in [0.15, 0.2) is 0 Å². The molecule has 0 saturated carbocycles. The van der Waals surface area contributed by atoms with Gasteiger partial charge >= 0.3 is 6.09 Å². The lowest BCUT2D eigenvalue weighted by molar-refractivity contribution is 0.0589. The third kappa shape index (κ3) is 7.49. The van der Waals surface area contributed by atoms with Crippen molar-refractivity contribution in [3.05, 3.63) is 84.2 Å². The Bertz CT molecular complexity index is 1210. The average Bonchev–Trinajstić information content (AvgIpc) is 3.24. The molecular formula is C29H34FN3O3S. The van der Waals surface area contributed by atoms with Crippen molar-refractivity contribution in [2.24, 2.45) is 4.99 Å². The van der Waals surface area contributed by atoms with E-state index in [4.69, 9.17) is 14.5 Å². The summed E-state index contributed by atoms with van der Waals surface area (Å²) in [5, 5.41) is 0.813. The van der Waals surface area contributed by atoms with Crippen LogP contribution >= 0.6 is 11.8 Å². The Balaban J connectivity index is 1.69. The fourth-order valence-corrected chi connectivity index (χ4v) is 4.43. The lowest BCUT2D eigenvalue weighted by Crippen LogP contribution is -2.34. The van der Waals surface area contributed by atoms with Gasteiger partial charge < -0.3 is 14.4 Å². The molecule has 3 rings (SSSR count). The number of carbonyl (C=O) groups excluding carboxylic acids is 1. The summed E-state index contributed by atoms with van der Waals surface area (Å²) >= 11 is 1.55. The van der Waals surface area contributed by atoms with E-state index in [9.17, 15) is 9.18 Å². The molecule has 196 valence electrons. The molecule has 2 aromatic rings. The number of thioether (sulfide) groups is 1. The van der Waals surface area contributed by atoms with Crippen molar-refractivity contribution in [1.82, 2.24) is 0 Å². The van der Waals surface area contributed by atoms with Gasteiger partial charge in [-0.25, -0.2) is 14.2 Å². The molecule has 1 amide bonds. The maximum absolute atomic E-state index is 12.4. The van der Waals surface area contributed by atoms with Gasteiger partial charge in [-0.2, -0.15) is 0 Å². The first-order valence-electron chi connectivity index (χ1n) is 12.0.